The highest BCUT2D eigenvalue weighted by molar-refractivity contribution is 5.95. The zero-order valence-electron chi connectivity index (χ0n) is 14.6. The zero-order valence-corrected chi connectivity index (χ0v) is 14.6. The van der Waals surface area contributed by atoms with Crippen LogP contribution in [-0.2, 0) is 14.3 Å². The molecule has 0 fully saturated rings. The largest absolute Gasteiger partial charge is 0.482 e. The first-order valence-corrected chi connectivity index (χ1v) is 7.95. The van der Waals surface area contributed by atoms with Gasteiger partial charge in [-0.1, -0.05) is 0 Å². The zero-order chi connectivity index (χ0) is 20.0. The van der Waals surface area contributed by atoms with Crippen molar-refractivity contribution in [2.24, 2.45) is 0 Å². The van der Waals surface area contributed by atoms with Gasteiger partial charge in [0.2, 0.25) is 0 Å². The quantitative estimate of drug-likeness (QED) is 0.592. The Labute approximate surface area is 154 Å². The van der Waals surface area contributed by atoms with Crippen molar-refractivity contribution in [1.82, 2.24) is 0 Å². The lowest BCUT2D eigenvalue weighted by atomic mass is 10.1. The van der Waals surface area contributed by atoms with Gasteiger partial charge in [0.1, 0.15) is 17.4 Å². The first-order valence-electron chi connectivity index (χ1n) is 7.95. The molecule has 0 spiro atoms. The number of ether oxygens (including phenoxy) is 2. The van der Waals surface area contributed by atoms with E-state index in [1.165, 1.54) is 26.0 Å². The first kappa shape index (κ1) is 20.0. The highest BCUT2D eigenvalue weighted by Gasteiger charge is 2.19. The van der Waals surface area contributed by atoms with Crippen molar-refractivity contribution < 1.29 is 32.6 Å². The lowest BCUT2D eigenvalue weighted by Gasteiger charge is -2.14. The Bertz CT molecular complexity index is 852. The van der Waals surface area contributed by atoms with Gasteiger partial charge in [0, 0.05) is 11.6 Å². The molecule has 0 saturated heterocycles. The number of nitrogens with one attached hydrogen (secondary N) is 1. The molecule has 2 rings (SSSR count). The molecule has 1 atom stereocenters. The number of halogens is 2. The summed E-state index contributed by atoms with van der Waals surface area (Å²) in [4.78, 5) is 34.9. The summed E-state index contributed by atoms with van der Waals surface area (Å²) in [6.07, 6.45) is -1.22. The van der Waals surface area contributed by atoms with Gasteiger partial charge in [-0.3, -0.25) is 9.59 Å². The average molecular weight is 377 g/mol. The lowest BCUT2D eigenvalue weighted by Crippen LogP contribution is -2.32. The molecule has 0 aromatic heterocycles. The van der Waals surface area contributed by atoms with E-state index in [4.69, 9.17) is 9.47 Å². The molecule has 27 heavy (non-hydrogen) atoms. The molecule has 1 N–H and O–H groups in total. The van der Waals surface area contributed by atoms with E-state index in [1.807, 2.05) is 0 Å². The minimum atomic E-state index is -1.22. The summed E-state index contributed by atoms with van der Waals surface area (Å²) in [6.45, 7) is 2.27. The third-order valence-corrected chi connectivity index (χ3v) is 3.48. The van der Waals surface area contributed by atoms with Crippen molar-refractivity contribution in [3.63, 3.8) is 0 Å². The Morgan fingerprint density at radius 3 is 2.33 bits per heavy atom. The average Bonchev–Trinajstić information content (AvgIpc) is 2.62. The van der Waals surface area contributed by atoms with Gasteiger partial charge in [0.15, 0.2) is 18.5 Å². The fourth-order valence-electron chi connectivity index (χ4n) is 2.04. The van der Waals surface area contributed by atoms with Crippen LogP contribution < -0.4 is 10.1 Å². The molecule has 0 saturated carbocycles. The van der Waals surface area contributed by atoms with E-state index >= 15 is 0 Å². The van der Waals surface area contributed by atoms with Gasteiger partial charge in [-0.2, -0.15) is 0 Å². The van der Waals surface area contributed by atoms with Gasteiger partial charge in [0.05, 0.1) is 5.69 Å². The van der Waals surface area contributed by atoms with E-state index in [9.17, 15) is 23.2 Å². The highest BCUT2D eigenvalue weighted by Crippen LogP contribution is 2.16. The second kappa shape index (κ2) is 8.88. The molecule has 0 radical (unpaired) electrons. The molecule has 1 amide bonds. The molecule has 2 aromatic rings. The molecular weight excluding hydrogens is 360 g/mol. The smallest absolute Gasteiger partial charge is 0.344 e. The van der Waals surface area contributed by atoms with E-state index < -0.39 is 36.2 Å². The van der Waals surface area contributed by atoms with Crippen molar-refractivity contribution in [2.75, 3.05) is 11.9 Å². The van der Waals surface area contributed by atoms with Gasteiger partial charge in [-0.15, -0.1) is 0 Å². The Balaban J connectivity index is 1.83. The van der Waals surface area contributed by atoms with Crippen molar-refractivity contribution in [3.8, 4) is 5.75 Å². The molecule has 142 valence electrons. The van der Waals surface area contributed by atoms with E-state index in [2.05, 4.69) is 5.32 Å². The molecule has 0 bridgehead atoms. The van der Waals surface area contributed by atoms with Gasteiger partial charge >= 0.3 is 5.97 Å². The number of carbonyl (C=O) groups is 3. The predicted molar refractivity (Wildman–Crippen MR) is 92.5 cm³/mol. The minimum absolute atomic E-state index is 0.0987. The number of Topliss-reactive ketones (excluding diaryl/α,β-unsaturated/α-hetero) is 1. The van der Waals surface area contributed by atoms with Crippen LogP contribution in [0.2, 0.25) is 0 Å². The van der Waals surface area contributed by atoms with Crippen molar-refractivity contribution in [2.45, 2.75) is 20.0 Å². The number of benzene rings is 2. The summed E-state index contributed by atoms with van der Waals surface area (Å²) < 4.78 is 36.5. The first-order chi connectivity index (χ1) is 12.8. The Morgan fingerprint density at radius 1 is 1.07 bits per heavy atom. The second-order valence-electron chi connectivity index (χ2n) is 5.61. The molecule has 0 aliphatic heterocycles. The predicted octanol–water partition coefficient (Wildman–Crippen LogP) is 3.12. The van der Waals surface area contributed by atoms with Gasteiger partial charge in [-0.05, 0) is 50.2 Å². The van der Waals surface area contributed by atoms with E-state index in [0.717, 1.165) is 12.1 Å². The van der Waals surface area contributed by atoms with Crippen molar-refractivity contribution in [3.05, 3.63) is 59.7 Å². The second-order valence-corrected chi connectivity index (χ2v) is 5.61. The summed E-state index contributed by atoms with van der Waals surface area (Å²) >= 11 is 0. The topological polar surface area (TPSA) is 81.7 Å². The Morgan fingerprint density at radius 2 is 1.74 bits per heavy atom. The Hall–Kier alpha value is -3.29. The molecule has 2 aromatic carbocycles. The highest BCUT2D eigenvalue weighted by atomic mass is 19.1. The van der Waals surface area contributed by atoms with Crippen LogP contribution in [0.1, 0.15) is 24.2 Å². The van der Waals surface area contributed by atoms with E-state index in [1.54, 1.807) is 12.1 Å². The summed E-state index contributed by atoms with van der Waals surface area (Å²) in [7, 11) is 0. The van der Waals surface area contributed by atoms with Crippen LogP contribution in [0.3, 0.4) is 0 Å². The van der Waals surface area contributed by atoms with Gasteiger partial charge < -0.3 is 14.8 Å². The number of carbonyl (C=O) groups excluding carboxylic acids is 3. The van der Waals surface area contributed by atoms with Crippen LogP contribution in [0.15, 0.2) is 42.5 Å². The molecule has 0 heterocycles. The van der Waals surface area contributed by atoms with Crippen molar-refractivity contribution >= 4 is 23.3 Å². The number of hydrogen-bond donors (Lipinski definition) is 1. The van der Waals surface area contributed by atoms with Crippen LogP contribution in [0.4, 0.5) is 14.5 Å². The van der Waals surface area contributed by atoms with E-state index in [0.29, 0.717) is 17.4 Å². The van der Waals surface area contributed by atoms with Gasteiger partial charge in [-0.25, -0.2) is 13.6 Å². The van der Waals surface area contributed by atoms with Crippen LogP contribution in [-0.4, -0.2) is 30.4 Å². The number of esters is 1. The maximum Gasteiger partial charge on any atom is 0.344 e. The number of anilines is 1. The number of ketones is 1. The van der Waals surface area contributed by atoms with Crippen molar-refractivity contribution in [1.29, 1.82) is 0 Å². The van der Waals surface area contributed by atoms with Crippen LogP contribution in [0.25, 0.3) is 0 Å². The third kappa shape index (κ3) is 5.88. The molecular formula is C19H17F2NO5. The maximum absolute atomic E-state index is 13.5. The third-order valence-electron chi connectivity index (χ3n) is 3.48. The minimum Gasteiger partial charge on any atom is -0.482 e. The standard InChI is InChI=1S/C19H17F2NO5/c1-11(23)13-3-6-15(7-4-13)26-10-18(24)27-12(2)19(25)22-17-8-5-14(20)9-16(17)21/h3-9,12H,10H2,1-2H3,(H,22,25)/t12-/m0/s1. The van der Waals surface area contributed by atoms with Crippen LogP contribution >= 0.6 is 0 Å². The SMILES string of the molecule is CC(=O)c1ccc(OCC(=O)O[C@@H](C)C(=O)Nc2ccc(F)cc2F)cc1. The normalized spacial score (nSPS) is 11.4. The molecule has 6 nitrogen and oxygen atoms in total. The molecule has 8 heteroatoms. The monoisotopic (exact) mass is 377 g/mol. The van der Waals surface area contributed by atoms with Crippen LogP contribution in [0, 0.1) is 11.6 Å². The summed E-state index contributed by atoms with van der Waals surface area (Å²) in [5, 5.41) is 2.20. The fourth-order valence-corrected chi connectivity index (χ4v) is 2.04. The summed E-state index contributed by atoms with van der Waals surface area (Å²) in [5.74, 6) is -3.06. The number of amides is 1. The molecule has 0 aliphatic carbocycles. The maximum atomic E-state index is 13.5. The molecule has 0 unspecified atom stereocenters. The lowest BCUT2D eigenvalue weighted by molar-refractivity contribution is -0.155. The van der Waals surface area contributed by atoms with Gasteiger partial charge in [0.25, 0.3) is 5.91 Å². The molecule has 0 aliphatic rings. The van der Waals surface area contributed by atoms with Crippen LogP contribution in [0.5, 0.6) is 5.75 Å². The fraction of sp³-hybridized carbons (Fsp3) is 0.211. The van der Waals surface area contributed by atoms with E-state index in [-0.39, 0.29) is 11.5 Å². The summed E-state index contributed by atoms with van der Waals surface area (Å²) in [6, 6.07) is 8.82. The number of hydrogen-bond acceptors (Lipinski definition) is 5. The number of rotatable bonds is 7. The Kier molecular flexibility index (Phi) is 6.59. The summed E-state index contributed by atoms with van der Waals surface area (Å²) in [5.41, 5.74) is 0.273.